The number of urea groups is 1. The molecule has 0 saturated heterocycles. The number of carboxylic acid groups (broad SMARTS) is 1. The van der Waals surface area contributed by atoms with Gasteiger partial charge in [0, 0.05) is 23.5 Å². The molecule has 2 heterocycles. The van der Waals surface area contributed by atoms with Crippen molar-refractivity contribution in [2.45, 2.75) is 32.3 Å². The maximum atomic E-state index is 13.1. The molecule has 8 nitrogen and oxygen atoms in total. The molecule has 2 N–H and O–H groups in total. The number of carbonyl (C=O) groups is 2. The number of carbonyl (C=O) groups excluding carboxylic acids is 1. The van der Waals surface area contributed by atoms with E-state index in [1.54, 1.807) is 17.2 Å². The fourth-order valence-corrected chi connectivity index (χ4v) is 4.07. The van der Waals surface area contributed by atoms with E-state index in [0.717, 1.165) is 23.2 Å². The fourth-order valence-electron chi connectivity index (χ4n) is 4.07. The molecule has 1 aliphatic carbocycles. The van der Waals surface area contributed by atoms with Crippen LogP contribution < -0.4 is 19.7 Å². The number of nitrogens with one attached hydrogen (secondary N) is 1. The lowest BCUT2D eigenvalue weighted by Gasteiger charge is -2.34. The molecule has 1 fully saturated rings. The van der Waals surface area contributed by atoms with E-state index in [-0.39, 0.29) is 18.7 Å². The zero-order valence-corrected chi connectivity index (χ0v) is 19.4. The van der Waals surface area contributed by atoms with E-state index < -0.39 is 11.4 Å². The van der Waals surface area contributed by atoms with E-state index in [4.69, 9.17) is 9.47 Å². The number of benzene rings is 2. The molecule has 0 bridgehead atoms. The molecule has 2 aromatic carbocycles. The SMILES string of the molecule is CCC1CN(C(=O)Nc2ccccc2)c2ccc(-c3ccc(OCC4(C(=O)O)CC4)nc3)cc2O1. The van der Waals surface area contributed by atoms with Gasteiger partial charge in [-0.1, -0.05) is 31.2 Å². The molecule has 2 aliphatic rings. The van der Waals surface area contributed by atoms with Crippen LogP contribution in [0.1, 0.15) is 26.2 Å². The highest BCUT2D eigenvalue weighted by Crippen LogP contribution is 2.46. The minimum Gasteiger partial charge on any atom is -0.486 e. The van der Waals surface area contributed by atoms with Crippen LogP contribution in [-0.2, 0) is 4.79 Å². The summed E-state index contributed by atoms with van der Waals surface area (Å²) < 4.78 is 11.8. The molecule has 0 radical (unpaired) electrons. The molecule has 3 aromatic rings. The molecule has 1 aromatic heterocycles. The predicted molar refractivity (Wildman–Crippen MR) is 132 cm³/mol. The van der Waals surface area contributed by atoms with E-state index in [0.29, 0.717) is 36.7 Å². The molecule has 1 unspecified atom stereocenters. The molecule has 35 heavy (non-hydrogen) atoms. The average molecular weight is 474 g/mol. The van der Waals surface area contributed by atoms with E-state index in [9.17, 15) is 14.7 Å². The zero-order chi connectivity index (χ0) is 24.4. The Labute approximate surface area is 203 Å². The average Bonchev–Trinajstić information content (AvgIpc) is 3.69. The van der Waals surface area contributed by atoms with Crippen LogP contribution in [0, 0.1) is 5.41 Å². The lowest BCUT2D eigenvalue weighted by atomic mass is 10.0. The number of amides is 2. The number of carboxylic acids is 1. The summed E-state index contributed by atoms with van der Waals surface area (Å²) in [5, 5.41) is 12.2. The van der Waals surface area contributed by atoms with Gasteiger partial charge in [0.15, 0.2) is 0 Å². The van der Waals surface area contributed by atoms with Crippen molar-refractivity contribution in [2.75, 3.05) is 23.4 Å². The van der Waals surface area contributed by atoms with Gasteiger partial charge in [-0.2, -0.15) is 0 Å². The first-order valence-electron chi connectivity index (χ1n) is 11.7. The number of aliphatic carboxylic acids is 1. The van der Waals surface area contributed by atoms with Gasteiger partial charge in [0.25, 0.3) is 0 Å². The van der Waals surface area contributed by atoms with Gasteiger partial charge in [0.2, 0.25) is 5.88 Å². The van der Waals surface area contributed by atoms with Gasteiger partial charge in [0.1, 0.15) is 23.9 Å². The summed E-state index contributed by atoms with van der Waals surface area (Å²) in [4.78, 5) is 30.4. The van der Waals surface area contributed by atoms with Gasteiger partial charge in [-0.3, -0.25) is 9.69 Å². The summed E-state index contributed by atoms with van der Waals surface area (Å²) in [5.74, 6) is 0.214. The van der Waals surface area contributed by atoms with E-state index in [2.05, 4.69) is 10.3 Å². The largest absolute Gasteiger partial charge is 0.486 e. The van der Waals surface area contributed by atoms with Crippen LogP contribution in [0.3, 0.4) is 0 Å². The van der Waals surface area contributed by atoms with Crippen molar-refractivity contribution in [1.29, 1.82) is 0 Å². The van der Waals surface area contributed by atoms with Gasteiger partial charge in [-0.05, 0) is 55.2 Å². The van der Waals surface area contributed by atoms with Crippen molar-refractivity contribution >= 4 is 23.4 Å². The van der Waals surface area contributed by atoms with Crippen molar-refractivity contribution in [2.24, 2.45) is 5.41 Å². The highest BCUT2D eigenvalue weighted by atomic mass is 16.5. The normalized spacial score (nSPS) is 17.6. The Morgan fingerprint density at radius 2 is 1.91 bits per heavy atom. The lowest BCUT2D eigenvalue weighted by Crippen LogP contribution is -2.45. The predicted octanol–water partition coefficient (Wildman–Crippen LogP) is 5.20. The minimum absolute atomic E-state index is 0.114. The fraction of sp³-hybridized carbons (Fsp3) is 0.296. The van der Waals surface area contributed by atoms with Gasteiger partial charge in [0.05, 0.1) is 12.2 Å². The summed E-state index contributed by atoms with van der Waals surface area (Å²) in [6.07, 6.45) is 3.61. The molecule has 1 saturated carbocycles. The lowest BCUT2D eigenvalue weighted by molar-refractivity contribution is -0.144. The zero-order valence-electron chi connectivity index (χ0n) is 19.4. The van der Waals surface area contributed by atoms with Gasteiger partial charge in [-0.15, -0.1) is 0 Å². The van der Waals surface area contributed by atoms with Crippen LogP contribution in [0.2, 0.25) is 0 Å². The van der Waals surface area contributed by atoms with Crippen LogP contribution >= 0.6 is 0 Å². The number of hydrogen-bond acceptors (Lipinski definition) is 5. The molecule has 5 rings (SSSR count). The smallest absolute Gasteiger partial charge is 0.326 e. The third-order valence-electron chi connectivity index (χ3n) is 6.53. The highest BCUT2D eigenvalue weighted by molar-refractivity contribution is 6.03. The third-order valence-corrected chi connectivity index (χ3v) is 6.53. The Bertz CT molecular complexity index is 1230. The second kappa shape index (κ2) is 9.29. The molecule has 1 atom stereocenters. The number of anilines is 2. The molecular formula is C27H27N3O5. The van der Waals surface area contributed by atoms with Crippen molar-refractivity contribution < 1.29 is 24.2 Å². The first-order chi connectivity index (χ1) is 17.0. The van der Waals surface area contributed by atoms with Gasteiger partial charge in [-0.25, -0.2) is 9.78 Å². The summed E-state index contributed by atoms with van der Waals surface area (Å²) >= 11 is 0. The van der Waals surface area contributed by atoms with Crippen molar-refractivity contribution in [3.63, 3.8) is 0 Å². The second-order valence-corrected chi connectivity index (χ2v) is 9.00. The first-order valence-corrected chi connectivity index (χ1v) is 11.7. The Morgan fingerprint density at radius 3 is 2.57 bits per heavy atom. The molecule has 1 aliphatic heterocycles. The maximum absolute atomic E-state index is 13.1. The standard InChI is InChI=1S/C27H27N3O5/c1-2-21-16-30(26(33)29-20-6-4-3-5-7-20)22-10-8-18(14-23(22)35-21)19-9-11-24(28-15-19)34-17-27(12-13-27)25(31)32/h3-11,14-15,21H,2,12-13,16-17H2,1H3,(H,29,33)(H,31,32). The molecule has 8 heteroatoms. The Morgan fingerprint density at radius 1 is 1.14 bits per heavy atom. The van der Waals surface area contributed by atoms with E-state index >= 15 is 0 Å². The first kappa shape index (κ1) is 22.7. The molecule has 2 amide bonds. The Balaban J connectivity index is 1.33. The summed E-state index contributed by atoms with van der Waals surface area (Å²) in [5.41, 5.74) is 2.45. The third kappa shape index (κ3) is 4.77. The molecular weight excluding hydrogens is 446 g/mol. The van der Waals surface area contributed by atoms with Crippen molar-refractivity contribution in [3.8, 4) is 22.8 Å². The minimum atomic E-state index is -0.819. The quantitative estimate of drug-likeness (QED) is 0.489. The van der Waals surface area contributed by atoms with Gasteiger partial charge < -0.3 is 19.9 Å². The monoisotopic (exact) mass is 473 g/mol. The number of pyridine rings is 1. The van der Waals surface area contributed by atoms with Crippen LogP contribution in [0.4, 0.5) is 16.2 Å². The number of rotatable bonds is 7. The topological polar surface area (TPSA) is 101 Å². The van der Waals surface area contributed by atoms with Gasteiger partial charge >= 0.3 is 12.0 Å². The van der Waals surface area contributed by atoms with E-state index in [1.807, 2.05) is 61.5 Å². The van der Waals surface area contributed by atoms with E-state index in [1.165, 1.54) is 0 Å². The number of ether oxygens (including phenoxy) is 2. The van der Waals surface area contributed by atoms with Crippen molar-refractivity contribution in [3.05, 3.63) is 66.9 Å². The number of nitrogens with zero attached hydrogens (tertiary/aromatic N) is 2. The second-order valence-electron chi connectivity index (χ2n) is 9.00. The molecule has 180 valence electrons. The van der Waals surface area contributed by atoms with Crippen molar-refractivity contribution in [1.82, 2.24) is 4.98 Å². The Kier molecular flexibility index (Phi) is 6.03. The number of aromatic nitrogens is 1. The number of para-hydroxylation sites is 1. The summed E-state index contributed by atoms with van der Waals surface area (Å²) in [6, 6.07) is 18.5. The maximum Gasteiger partial charge on any atom is 0.326 e. The van der Waals surface area contributed by atoms with Crippen LogP contribution in [-0.4, -0.2) is 41.3 Å². The summed E-state index contributed by atoms with van der Waals surface area (Å²) in [7, 11) is 0. The summed E-state index contributed by atoms with van der Waals surface area (Å²) in [6.45, 7) is 2.62. The van der Waals surface area contributed by atoms with Crippen LogP contribution in [0.25, 0.3) is 11.1 Å². The highest BCUT2D eigenvalue weighted by Gasteiger charge is 2.51. The molecule has 0 spiro atoms. The van der Waals surface area contributed by atoms with Crippen LogP contribution in [0.15, 0.2) is 66.9 Å². The van der Waals surface area contributed by atoms with Crippen LogP contribution in [0.5, 0.6) is 11.6 Å². The Hall–Kier alpha value is -4.07. The number of fused-ring (bicyclic) bond motifs is 1. The number of hydrogen-bond donors (Lipinski definition) is 2.